The van der Waals surface area contributed by atoms with Gasteiger partial charge in [0.2, 0.25) is 5.91 Å². The summed E-state index contributed by atoms with van der Waals surface area (Å²) in [6, 6.07) is 1.99. The number of amides is 1. The van der Waals surface area contributed by atoms with Crippen molar-refractivity contribution < 1.29 is 9.32 Å². The summed E-state index contributed by atoms with van der Waals surface area (Å²) in [7, 11) is 0. The van der Waals surface area contributed by atoms with E-state index < -0.39 is 0 Å². The molecule has 0 bridgehead atoms. The summed E-state index contributed by atoms with van der Waals surface area (Å²) in [5, 5.41) is 7.53. The smallest absolute Gasteiger partial charge is 0.258 e. The molecule has 0 radical (unpaired) electrons. The fraction of sp³-hybridized carbons (Fsp3) is 0.500. The Labute approximate surface area is 116 Å². The maximum Gasteiger partial charge on any atom is 0.258 e. The zero-order chi connectivity index (χ0) is 14.1. The Morgan fingerprint density at radius 2 is 2.40 bits per heavy atom. The van der Waals surface area contributed by atoms with Crippen molar-refractivity contribution in [2.75, 3.05) is 5.32 Å². The molecule has 0 aromatic carbocycles. The zero-order valence-electron chi connectivity index (χ0n) is 11.4. The largest absolute Gasteiger partial charge is 0.336 e. The summed E-state index contributed by atoms with van der Waals surface area (Å²) < 4.78 is 5.04. The first-order chi connectivity index (χ1) is 9.63. The second-order valence-electron chi connectivity index (χ2n) is 5.45. The Balaban J connectivity index is 1.69. The molecule has 20 heavy (non-hydrogen) atoms. The molecule has 0 unspecified atom stereocenters. The van der Waals surface area contributed by atoms with E-state index in [-0.39, 0.29) is 11.9 Å². The van der Waals surface area contributed by atoms with Crippen LogP contribution in [0.5, 0.6) is 0 Å². The van der Waals surface area contributed by atoms with Crippen LogP contribution in [0, 0.1) is 12.8 Å². The van der Waals surface area contributed by atoms with Gasteiger partial charge in [0.15, 0.2) is 0 Å². The number of carbonyl (C=O) groups is 1. The molecule has 2 aromatic rings. The highest BCUT2D eigenvalue weighted by molar-refractivity contribution is 5.92. The Hall–Kier alpha value is -1.95. The number of aromatic nitrogens is 2. The van der Waals surface area contributed by atoms with Crippen molar-refractivity contribution in [1.82, 2.24) is 10.1 Å². The van der Waals surface area contributed by atoms with Crippen LogP contribution in [0.25, 0.3) is 11.1 Å². The third-order valence-corrected chi connectivity index (χ3v) is 3.96. The van der Waals surface area contributed by atoms with Crippen LogP contribution in [0.15, 0.2) is 16.8 Å². The Morgan fingerprint density at radius 3 is 3.15 bits per heavy atom. The molecule has 2 atom stereocenters. The number of nitrogens with two attached hydrogens (primary N) is 1. The standard InChI is InChI=1S/C14H18N4O2/c1-8-11-6-10(7-16-14(11)20-18-8)17-13(19)5-9-3-2-4-12(9)15/h6-7,9,12H,2-5,15H2,1H3,(H,17,19)/t9-,12+/m0/s1. The van der Waals surface area contributed by atoms with Crippen molar-refractivity contribution in [3.8, 4) is 0 Å². The molecular formula is C14H18N4O2. The van der Waals surface area contributed by atoms with Gasteiger partial charge in [-0.2, -0.15) is 0 Å². The van der Waals surface area contributed by atoms with Gasteiger partial charge in [0.1, 0.15) is 0 Å². The average molecular weight is 274 g/mol. The highest BCUT2D eigenvalue weighted by Gasteiger charge is 2.26. The number of carbonyl (C=O) groups excluding carboxylic acids is 1. The van der Waals surface area contributed by atoms with Crippen LogP contribution in [0.3, 0.4) is 0 Å². The average Bonchev–Trinajstić information content (AvgIpc) is 2.98. The minimum atomic E-state index is -0.0115. The van der Waals surface area contributed by atoms with E-state index in [1.165, 1.54) is 0 Å². The summed E-state index contributed by atoms with van der Waals surface area (Å²) in [5.41, 5.74) is 7.90. The quantitative estimate of drug-likeness (QED) is 0.892. The van der Waals surface area contributed by atoms with Gasteiger partial charge in [-0.25, -0.2) is 4.98 Å². The van der Waals surface area contributed by atoms with Crippen molar-refractivity contribution in [3.63, 3.8) is 0 Å². The molecular weight excluding hydrogens is 256 g/mol. The van der Waals surface area contributed by atoms with Gasteiger partial charge < -0.3 is 15.6 Å². The fourth-order valence-corrected chi connectivity index (χ4v) is 2.78. The molecule has 1 fully saturated rings. The number of rotatable bonds is 3. The summed E-state index contributed by atoms with van der Waals surface area (Å²) in [6.07, 6.45) is 5.23. The van der Waals surface area contributed by atoms with Crippen LogP contribution in [0.2, 0.25) is 0 Å². The predicted octanol–water partition coefficient (Wildman–Crippen LogP) is 1.99. The molecule has 0 spiro atoms. The number of fused-ring (bicyclic) bond motifs is 1. The lowest BCUT2D eigenvalue weighted by Crippen LogP contribution is -2.28. The van der Waals surface area contributed by atoms with Crippen LogP contribution < -0.4 is 11.1 Å². The molecule has 1 aliphatic carbocycles. The van der Waals surface area contributed by atoms with Crippen LogP contribution in [0.1, 0.15) is 31.4 Å². The molecule has 6 nitrogen and oxygen atoms in total. The number of anilines is 1. The predicted molar refractivity (Wildman–Crippen MR) is 75.1 cm³/mol. The topological polar surface area (TPSA) is 94.0 Å². The molecule has 6 heteroatoms. The van der Waals surface area contributed by atoms with E-state index in [2.05, 4.69) is 15.5 Å². The SMILES string of the molecule is Cc1noc2ncc(NC(=O)C[C@@H]3CCC[C@H]3N)cc12. The number of nitrogens with zero attached hydrogens (tertiary/aromatic N) is 2. The third-order valence-electron chi connectivity index (χ3n) is 3.96. The monoisotopic (exact) mass is 274 g/mol. The summed E-state index contributed by atoms with van der Waals surface area (Å²) in [4.78, 5) is 16.2. The minimum absolute atomic E-state index is 0.0115. The highest BCUT2D eigenvalue weighted by atomic mass is 16.5. The second-order valence-corrected chi connectivity index (χ2v) is 5.45. The lowest BCUT2D eigenvalue weighted by atomic mass is 10.00. The fourth-order valence-electron chi connectivity index (χ4n) is 2.78. The van der Waals surface area contributed by atoms with E-state index >= 15 is 0 Å². The van der Waals surface area contributed by atoms with Crippen molar-refractivity contribution in [1.29, 1.82) is 0 Å². The molecule has 2 aromatic heterocycles. The Kier molecular flexibility index (Phi) is 3.40. The van der Waals surface area contributed by atoms with Crippen LogP contribution in [-0.2, 0) is 4.79 Å². The van der Waals surface area contributed by atoms with E-state index in [1.807, 2.05) is 13.0 Å². The molecule has 1 saturated carbocycles. The zero-order valence-corrected chi connectivity index (χ0v) is 11.4. The van der Waals surface area contributed by atoms with Gasteiger partial charge in [0.05, 0.1) is 23.0 Å². The lowest BCUT2D eigenvalue weighted by Gasteiger charge is -2.14. The highest BCUT2D eigenvalue weighted by Crippen LogP contribution is 2.27. The van der Waals surface area contributed by atoms with Gasteiger partial charge in [-0.05, 0) is 31.7 Å². The molecule has 0 aliphatic heterocycles. The number of hydrogen-bond acceptors (Lipinski definition) is 5. The summed E-state index contributed by atoms with van der Waals surface area (Å²) in [5.74, 6) is 0.284. The van der Waals surface area contributed by atoms with E-state index in [0.717, 1.165) is 30.3 Å². The van der Waals surface area contributed by atoms with Crippen LogP contribution in [-0.4, -0.2) is 22.1 Å². The van der Waals surface area contributed by atoms with Crippen molar-refractivity contribution >= 4 is 22.7 Å². The molecule has 3 rings (SSSR count). The second kappa shape index (κ2) is 5.20. The first-order valence-corrected chi connectivity index (χ1v) is 6.91. The van der Waals surface area contributed by atoms with Gasteiger partial charge in [-0.1, -0.05) is 11.6 Å². The van der Waals surface area contributed by atoms with Crippen molar-refractivity contribution in [3.05, 3.63) is 18.0 Å². The van der Waals surface area contributed by atoms with Crippen molar-refractivity contribution in [2.45, 2.75) is 38.6 Å². The number of nitrogens with one attached hydrogen (secondary N) is 1. The number of pyridine rings is 1. The molecule has 1 aliphatic rings. The van der Waals surface area contributed by atoms with Crippen LogP contribution in [0.4, 0.5) is 5.69 Å². The number of aryl methyl sites for hydroxylation is 1. The molecule has 106 valence electrons. The molecule has 1 amide bonds. The van der Waals surface area contributed by atoms with Gasteiger partial charge in [0.25, 0.3) is 5.71 Å². The molecule has 0 saturated heterocycles. The lowest BCUT2D eigenvalue weighted by molar-refractivity contribution is -0.117. The summed E-state index contributed by atoms with van der Waals surface area (Å²) >= 11 is 0. The normalized spacial score (nSPS) is 22.3. The van der Waals surface area contributed by atoms with E-state index in [9.17, 15) is 4.79 Å². The minimum Gasteiger partial charge on any atom is -0.336 e. The van der Waals surface area contributed by atoms with E-state index in [4.69, 9.17) is 10.3 Å². The maximum absolute atomic E-state index is 12.0. The molecule has 2 heterocycles. The Bertz CT molecular complexity index is 637. The van der Waals surface area contributed by atoms with E-state index in [0.29, 0.717) is 23.7 Å². The third kappa shape index (κ3) is 2.51. The Morgan fingerprint density at radius 1 is 1.55 bits per heavy atom. The van der Waals surface area contributed by atoms with Gasteiger partial charge in [-0.15, -0.1) is 0 Å². The van der Waals surface area contributed by atoms with E-state index in [1.54, 1.807) is 6.20 Å². The van der Waals surface area contributed by atoms with Crippen LogP contribution >= 0.6 is 0 Å². The van der Waals surface area contributed by atoms with Gasteiger partial charge in [-0.3, -0.25) is 4.79 Å². The first-order valence-electron chi connectivity index (χ1n) is 6.91. The molecule has 3 N–H and O–H groups in total. The van der Waals surface area contributed by atoms with Gasteiger partial charge >= 0.3 is 0 Å². The number of hydrogen-bond donors (Lipinski definition) is 2. The van der Waals surface area contributed by atoms with Crippen molar-refractivity contribution in [2.24, 2.45) is 11.7 Å². The first kappa shape index (κ1) is 13.1. The maximum atomic E-state index is 12.0. The van der Waals surface area contributed by atoms with Gasteiger partial charge in [0, 0.05) is 12.5 Å². The summed E-state index contributed by atoms with van der Waals surface area (Å²) in [6.45, 7) is 1.84.